The third kappa shape index (κ3) is 4.84. The number of imidazole rings is 1. The Morgan fingerprint density at radius 2 is 1.91 bits per heavy atom. The van der Waals surface area contributed by atoms with E-state index in [9.17, 15) is 4.39 Å². The first-order valence-electron chi connectivity index (χ1n) is 11.1. The summed E-state index contributed by atoms with van der Waals surface area (Å²) in [5, 5.41) is 7.81. The van der Waals surface area contributed by atoms with Gasteiger partial charge in [-0.1, -0.05) is 46.9 Å². The average Bonchev–Trinajstić information content (AvgIpc) is 3.17. The van der Waals surface area contributed by atoms with Crippen molar-refractivity contribution in [3.8, 4) is 11.4 Å². The van der Waals surface area contributed by atoms with Gasteiger partial charge in [-0.2, -0.15) is 4.98 Å². The second kappa shape index (κ2) is 10.0. The van der Waals surface area contributed by atoms with Gasteiger partial charge >= 0.3 is 0 Å². The van der Waals surface area contributed by atoms with E-state index in [0.29, 0.717) is 51.0 Å². The lowest BCUT2D eigenvalue weighted by Gasteiger charge is -2.24. The average molecular weight is 520 g/mol. The number of fused-ring (bicyclic) bond motifs is 1. The molecule has 1 atom stereocenters. The molecular formula is C24H22Cl3FN6. The molecule has 10 heteroatoms. The summed E-state index contributed by atoms with van der Waals surface area (Å²) >= 11 is 19.0. The van der Waals surface area contributed by atoms with Gasteiger partial charge < -0.3 is 15.2 Å². The number of hydrogen-bond acceptors (Lipinski definition) is 5. The van der Waals surface area contributed by atoms with Crippen LogP contribution < -0.4 is 10.6 Å². The number of aromatic nitrogens is 4. The van der Waals surface area contributed by atoms with Crippen LogP contribution in [-0.2, 0) is 13.1 Å². The first kappa shape index (κ1) is 23.3. The molecule has 5 rings (SSSR count). The molecule has 6 nitrogen and oxygen atoms in total. The zero-order chi connectivity index (χ0) is 23.7. The SMILES string of the molecule is Fc1ccc(CNc2ncc3nc(-c4c(Cl)cccc4Cl)n(C[C@@H]4CCCNC4)c3n2)cc1Cl. The van der Waals surface area contributed by atoms with E-state index in [-0.39, 0.29) is 5.02 Å². The van der Waals surface area contributed by atoms with Crippen molar-refractivity contribution in [2.45, 2.75) is 25.9 Å². The van der Waals surface area contributed by atoms with Crippen LogP contribution in [0, 0.1) is 11.7 Å². The van der Waals surface area contributed by atoms with E-state index in [1.807, 2.05) is 6.07 Å². The number of halogens is 4. The van der Waals surface area contributed by atoms with Crippen molar-refractivity contribution in [3.05, 3.63) is 69.0 Å². The van der Waals surface area contributed by atoms with Crippen LogP contribution in [0.3, 0.4) is 0 Å². The van der Waals surface area contributed by atoms with Gasteiger partial charge in [-0.15, -0.1) is 0 Å². The minimum absolute atomic E-state index is 0.0797. The fourth-order valence-corrected chi connectivity index (χ4v) is 5.02. The van der Waals surface area contributed by atoms with Gasteiger partial charge in [0.2, 0.25) is 5.95 Å². The topological polar surface area (TPSA) is 67.7 Å². The molecule has 3 heterocycles. The largest absolute Gasteiger partial charge is 0.350 e. The van der Waals surface area contributed by atoms with Gasteiger partial charge in [0.15, 0.2) is 5.65 Å². The third-order valence-electron chi connectivity index (χ3n) is 5.95. The van der Waals surface area contributed by atoms with Gasteiger partial charge in [0.25, 0.3) is 0 Å². The van der Waals surface area contributed by atoms with Crippen LogP contribution >= 0.6 is 34.8 Å². The third-order valence-corrected chi connectivity index (χ3v) is 6.87. The molecule has 2 aromatic carbocycles. The highest BCUT2D eigenvalue weighted by atomic mass is 35.5. The van der Waals surface area contributed by atoms with Crippen LogP contribution in [-0.4, -0.2) is 32.6 Å². The molecule has 176 valence electrons. The minimum atomic E-state index is -0.449. The molecule has 1 saturated heterocycles. The summed E-state index contributed by atoms with van der Waals surface area (Å²) in [7, 11) is 0. The quantitative estimate of drug-likeness (QED) is 0.317. The van der Waals surface area contributed by atoms with Crippen molar-refractivity contribution in [2.24, 2.45) is 5.92 Å². The van der Waals surface area contributed by atoms with Gasteiger partial charge in [0.1, 0.15) is 17.2 Å². The highest BCUT2D eigenvalue weighted by molar-refractivity contribution is 6.39. The van der Waals surface area contributed by atoms with Crippen molar-refractivity contribution in [3.63, 3.8) is 0 Å². The molecule has 0 unspecified atom stereocenters. The Morgan fingerprint density at radius 3 is 2.65 bits per heavy atom. The predicted molar refractivity (Wildman–Crippen MR) is 135 cm³/mol. The van der Waals surface area contributed by atoms with Crippen LogP contribution in [0.5, 0.6) is 0 Å². The normalized spacial score (nSPS) is 16.2. The Labute approximate surface area is 211 Å². The lowest BCUT2D eigenvalue weighted by Crippen LogP contribution is -2.32. The molecule has 1 aliphatic heterocycles. The zero-order valence-corrected chi connectivity index (χ0v) is 20.4. The van der Waals surface area contributed by atoms with E-state index in [4.69, 9.17) is 44.8 Å². The molecule has 0 saturated carbocycles. The van der Waals surface area contributed by atoms with Crippen molar-refractivity contribution in [1.82, 2.24) is 24.8 Å². The minimum Gasteiger partial charge on any atom is -0.350 e. The fourth-order valence-electron chi connectivity index (χ4n) is 4.25. The molecule has 34 heavy (non-hydrogen) atoms. The second-order valence-corrected chi connectivity index (χ2v) is 9.58. The maximum atomic E-state index is 13.5. The molecule has 0 radical (unpaired) electrons. The summed E-state index contributed by atoms with van der Waals surface area (Å²) in [5.74, 6) is 1.09. The number of hydrogen-bond donors (Lipinski definition) is 2. The van der Waals surface area contributed by atoms with E-state index in [2.05, 4.69) is 20.2 Å². The van der Waals surface area contributed by atoms with E-state index in [1.54, 1.807) is 30.5 Å². The number of nitrogens with zero attached hydrogens (tertiary/aromatic N) is 4. The Bertz CT molecular complexity index is 1320. The standard InChI is InChI=1S/C24H22Cl3FN6/c25-16-4-1-5-17(26)21(16)23-32-20-12-31-24(30-11-14-6-7-19(28)18(27)9-14)33-22(20)34(23)13-15-3-2-8-29-10-15/h1,4-7,9,12,15,29H,2-3,8,10-11,13H2,(H,30,31,33)/t15-/m1/s1. The van der Waals surface area contributed by atoms with E-state index in [0.717, 1.165) is 38.0 Å². The summed E-state index contributed by atoms with van der Waals surface area (Å²) in [6.07, 6.45) is 3.93. The summed E-state index contributed by atoms with van der Waals surface area (Å²) < 4.78 is 15.5. The molecule has 1 aliphatic rings. The molecule has 2 N–H and O–H groups in total. The Morgan fingerprint density at radius 1 is 1.09 bits per heavy atom. The Kier molecular flexibility index (Phi) is 6.88. The number of nitrogens with one attached hydrogen (secondary N) is 2. The molecule has 0 spiro atoms. The highest BCUT2D eigenvalue weighted by Gasteiger charge is 2.23. The van der Waals surface area contributed by atoms with Crippen molar-refractivity contribution in [1.29, 1.82) is 0 Å². The maximum absolute atomic E-state index is 13.5. The van der Waals surface area contributed by atoms with Crippen LogP contribution in [0.1, 0.15) is 18.4 Å². The highest BCUT2D eigenvalue weighted by Crippen LogP contribution is 2.36. The van der Waals surface area contributed by atoms with Gasteiger partial charge in [-0.05, 0) is 61.7 Å². The summed E-state index contributed by atoms with van der Waals surface area (Å²) in [6, 6.07) is 10.0. The number of rotatable bonds is 6. The van der Waals surface area contributed by atoms with E-state index < -0.39 is 5.82 Å². The molecular weight excluding hydrogens is 498 g/mol. The first-order valence-corrected chi connectivity index (χ1v) is 12.2. The van der Waals surface area contributed by atoms with Crippen LogP contribution in [0.4, 0.5) is 10.3 Å². The van der Waals surface area contributed by atoms with Crippen molar-refractivity contribution < 1.29 is 4.39 Å². The van der Waals surface area contributed by atoms with Crippen LogP contribution in [0.25, 0.3) is 22.6 Å². The first-order chi connectivity index (χ1) is 16.5. The second-order valence-electron chi connectivity index (χ2n) is 8.36. The van der Waals surface area contributed by atoms with Gasteiger partial charge in [0.05, 0.1) is 26.8 Å². The Balaban J connectivity index is 1.52. The summed E-state index contributed by atoms with van der Waals surface area (Å²) in [5.41, 5.74) is 2.86. The number of piperidine rings is 1. The zero-order valence-electron chi connectivity index (χ0n) is 18.2. The molecule has 1 fully saturated rings. The molecule has 4 aromatic rings. The van der Waals surface area contributed by atoms with Gasteiger partial charge in [0, 0.05) is 13.1 Å². The lowest BCUT2D eigenvalue weighted by molar-refractivity contribution is 0.341. The molecule has 0 aliphatic carbocycles. The monoisotopic (exact) mass is 518 g/mol. The number of benzene rings is 2. The van der Waals surface area contributed by atoms with Crippen LogP contribution in [0.15, 0.2) is 42.6 Å². The van der Waals surface area contributed by atoms with Gasteiger partial charge in [-0.25, -0.2) is 14.4 Å². The molecule has 0 amide bonds. The number of anilines is 1. The van der Waals surface area contributed by atoms with E-state index in [1.165, 1.54) is 6.07 Å². The summed E-state index contributed by atoms with van der Waals surface area (Å²) in [6.45, 7) is 3.09. The summed E-state index contributed by atoms with van der Waals surface area (Å²) in [4.78, 5) is 14.0. The van der Waals surface area contributed by atoms with Crippen molar-refractivity contribution >= 4 is 51.9 Å². The lowest BCUT2D eigenvalue weighted by atomic mass is 9.99. The predicted octanol–water partition coefficient (Wildman–Crippen LogP) is 6.20. The maximum Gasteiger partial charge on any atom is 0.225 e. The van der Waals surface area contributed by atoms with Crippen LogP contribution in [0.2, 0.25) is 15.1 Å². The Hall–Kier alpha value is -2.45. The van der Waals surface area contributed by atoms with Gasteiger partial charge in [-0.3, -0.25) is 0 Å². The fraction of sp³-hybridized carbons (Fsp3) is 0.292. The molecule has 0 bridgehead atoms. The van der Waals surface area contributed by atoms with E-state index >= 15 is 0 Å². The smallest absolute Gasteiger partial charge is 0.225 e. The molecule has 2 aromatic heterocycles. The van der Waals surface area contributed by atoms with Crippen molar-refractivity contribution in [2.75, 3.05) is 18.4 Å².